The SMILES string of the molecule is Cc1ccc(CN(C)CCO)cc1N. The lowest BCUT2D eigenvalue weighted by atomic mass is 10.1. The molecule has 0 atom stereocenters. The number of hydrogen-bond acceptors (Lipinski definition) is 3. The highest BCUT2D eigenvalue weighted by Gasteiger charge is 2.00. The van der Waals surface area contributed by atoms with Crippen LogP contribution in [0.15, 0.2) is 18.2 Å². The van der Waals surface area contributed by atoms with E-state index in [1.54, 1.807) is 0 Å². The summed E-state index contributed by atoms with van der Waals surface area (Å²) in [7, 11) is 1.98. The predicted molar refractivity (Wildman–Crippen MR) is 59.0 cm³/mol. The van der Waals surface area contributed by atoms with Crippen molar-refractivity contribution in [1.82, 2.24) is 4.90 Å². The third-order valence-electron chi connectivity index (χ3n) is 2.28. The number of benzene rings is 1. The minimum atomic E-state index is 0.192. The Balaban J connectivity index is 2.63. The Morgan fingerprint density at radius 1 is 1.43 bits per heavy atom. The van der Waals surface area contributed by atoms with E-state index in [0.29, 0.717) is 6.54 Å². The zero-order valence-electron chi connectivity index (χ0n) is 8.83. The number of hydrogen-bond donors (Lipinski definition) is 2. The van der Waals surface area contributed by atoms with Crippen LogP contribution in [-0.4, -0.2) is 30.2 Å². The fourth-order valence-electron chi connectivity index (χ4n) is 1.35. The van der Waals surface area contributed by atoms with E-state index in [2.05, 4.69) is 11.0 Å². The number of aryl methyl sites for hydroxylation is 1. The van der Waals surface area contributed by atoms with Crippen LogP contribution in [0.25, 0.3) is 0 Å². The largest absolute Gasteiger partial charge is 0.399 e. The summed E-state index contributed by atoms with van der Waals surface area (Å²) in [6.45, 7) is 3.70. The van der Waals surface area contributed by atoms with E-state index >= 15 is 0 Å². The first-order chi connectivity index (χ1) is 6.63. The average molecular weight is 194 g/mol. The monoisotopic (exact) mass is 194 g/mol. The van der Waals surface area contributed by atoms with Gasteiger partial charge in [0.2, 0.25) is 0 Å². The van der Waals surface area contributed by atoms with Crippen LogP contribution in [-0.2, 0) is 6.54 Å². The molecule has 3 N–H and O–H groups in total. The van der Waals surface area contributed by atoms with Gasteiger partial charge in [0.25, 0.3) is 0 Å². The van der Waals surface area contributed by atoms with Gasteiger partial charge in [-0.2, -0.15) is 0 Å². The molecule has 0 radical (unpaired) electrons. The summed E-state index contributed by atoms with van der Waals surface area (Å²) in [5.74, 6) is 0. The second-order valence-corrected chi connectivity index (χ2v) is 3.65. The Kier molecular flexibility index (Phi) is 3.92. The summed E-state index contributed by atoms with van der Waals surface area (Å²) in [6, 6.07) is 6.08. The van der Waals surface area contributed by atoms with Crippen LogP contribution in [0.1, 0.15) is 11.1 Å². The summed E-state index contributed by atoms with van der Waals surface area (Å²) in [6.07, 6.45) is 0. The molecular weight excluding hydrogens is 176 g/mol. The quantitative estimate of drug-likeness (QED) is 0.703. The van der Waals surface area contributed by atoms with Crippen molar-refractivity contribution in [3.05, 3.63) is 29.3 Å². The van der Waals surface area contributed by atoms with E-state index in [1.807, 2.05) is 26.1 Å². The summed E-state index contributed by atoms with van der Waals surface area (Å²) in [5.41, 5.74) is 8.93. The number of nitrogens with two attached hydrogens (primary N) is 1. The molecule has 1 aromatic rings. The van der Waals surface area contributed by atoms with Gasteiger partial charge in [-0.15, -0.1) is 0 Å². The van der Waals surface area contributed by atoms with Gasteiger partial charge in [-0.25, -0.2) is 0 Å². The van der Waals surface area contributed by atoms with Crippen molar-refractivity contribution in [1.29, 1.82) is 0 Å². The van der Waals surface area contributed by atoms with Crippen molar-refractivity contribution >= 4 is 5.69 Å². The van der Waals surface area contributed by atoms with Crippen molar-refractivity contribution < 1.29 is 5.11 Å². The van der Waals surface area contributed by atoms with Crippen LogP contribution in [0, 0.1) is 6.92 Å². The van der Waals surface area contributed by atoms with Gasteiger partial charge in [-0.1, -0.05) is 12.1 Å². The first-order valence-electron chi connectivity index (χ1n) is 4.78. The second kappa shape index (κ2) is 4.98. The summed E-state index contributed by atoms with van der Waals surface area (Å²) in [5, 5.41) is 8.75. The molecule has 0 amide bonds. The molecule has 1 rings (SSSR count). The first-order valence-corrected chi connectivity index (χ1v) is 4.78. The molecule has 0 heterocycles. The molecule has 1 aromatic carbocycles. The number of aliphatic hydroxyl groups excluding tert-OH is 1. The Morgan fingerprint density at radius 3 is 2.71 bits per heavy atom. The Bertz CT molecular complexity index is 299. The van der Waals surface area contributed by atoms with Crippen LogP contribution in [0.3, 0.4) is 0 Å². The number of aliphatic hydroxyl groups is 1. The molecule has 0 aliphatic carbocycles. The highest BCUT2D eigenvalue weighted by Crippen LogP contribution is 2.13. The average Bonchev–Trinajstić information content (AvgIpc) is 2.12. The fourth-order valence-corrected chi connectivity index (χ4v) is 1.35. The van der Waals surface area contributed by atoms with Crippen LogP contribution in [0.5, 0.6) is 0 Å². The van der Waals surface area contributed by atoms with Crippen LogP contribution in [0.4, 0.5) is 5.69 Å². The number of rotatable bonds is 4. The van der Waals surface area contributed by atoms with Crippen molar-refractivity contribution in [2.24, 2.45) is 0 Å². The van der Waals surface area contributed by atoms with Gasteiger partial charge in [0, 0.05) is 18.8 Å². The molecule has 0 saturated heterocycles. The lowest BCUT2D eigenvalue weighted by molar-refractivity contribution is 0.217. The normalized spacial score (nSPS) is 10.9. The molecule has 0 aliphatic heterocycles. The van der Waals surface area contributed by atoms with E-state index in [0.717, 1.165) is 17.8 Å². The Morgan fingerprint density at radius 2 is 2.14 bits per heavy atom. The molecule has 0 aliphatic rings. The van der Waals surface area contributed by atoms with Gasteiger partial charge in [0.1, 0.15) is 0 Å². The molecule has 3 nitrogen and oxygen atoms in total. The smallest absolute Gasteiger partial charge is 0.0558 e. The minimum absolute atomic E-state index is 0.192. The zero-order chi connectivity index (χ0) is 10.6. The maximum atomic E-state index is 8.75. The summed E-state index contributed by atoms with van der Waals surface area (Å²) >= 11 is 0. The van der Waals surface area contributed by atoms with E-state index < -0.39 is 0 Å². The highest BCUT2D eigenvalue weighted by atomic mass is 16.3. The van der Waals surface area contributed by atoms with Crippen molar-refractivity contribution in [3.63, 3.8) is 0 Å². The van der Waals surface area contributed by atoms with Gasteiger partial charge in [-0.3, -0.25) is 4.90 Å². The minimum Gasteiger partial charge on any atom is -0.399 e. The van der Waals surface area contributed by atoms with Crippen LogP contribution in [0.2, 0.25) is 0 Å². The standard InChI is InChI=1S/C11H18N2O/c1-9-3-4-10(7-11(9)12)8-13(2)5-6-14/h3-4,7,14H,5-6,8,12H2,1-2H3. The first kappa shape index (κ1) is 11.0. The molecule has 0 fully saturated rings. The maximum Gasteiger partial charge on any atom is 0.0558 e. The van der Waals surface area contributed by atoms with Crippen LogP contribution < -0.4 is 5.73 Å². The number of likely N-dealkylation sites (N-methyl/N-ethyl adjacent to an activating group) is 1. The summed E-state index contributed by atoms with van der Waals surface area (Å²) < 4.78 is 0. The van der Waals surface area contributed by atoms with Gasteiger partial charge >= 0.3 is 0 Å². The van der Waals surface area contributed by atoms with Crippen molar-refractivity contribution in [2.45, 2.75) is 13.5 Å². The topological polar surface area (TPSA) is 49.5 Å². The highest BCUT2D eigenvalue weighted by molar-refractivity contribution is 5.48. The van der Waals surface area contributed by atoms with E-state index in [4.69, 9.17) is 10.8 Å². The van der Waals surface area contributed by atoms with Gasteiger partial charge in [-0.05, 0) is 31.2 Å². The predicted octanol–water partition coefficient (Wildman–Crippen LogP) is 1.00. The lowest BCUT2D eigenvalue weighted by Crippen LogP contribution is -2.21. The molecule has 0 spiro atoms. The van der Waals surface area contributed by atoms with E-state index in [-0.39, 0.29) is 6.61 Å². The second-order valence-electron chi connectivity index (χ2n) is 3.65. The third-order valence-corrected chi connectivity index (χ3v) is 2.28. The fraction of sp³-hybridized carbons (Fsp3) is 0.455. The molecule has 0 saturated carbocycles. The van der Waals surface area contributed by atoms with Crippen molar-refractivity contribution in [2.75, 3.05) is 25.9 Å². The van der Waals surface area contributed by atoms with Crippen LogP contribution >= 0.6 is 0 Å². The lowest BCUT2D eigenvalue weighted by Gasteiger charge is -2.15. The molecule has 3 heteroatoms. The zero-order valence-corrected chi connectivity index (χ0v) is 8.83. The van der Waals surface area contributed by atoms with E-state index in [1.165, 1.54) is 5.56 Å². The Labute approximate surface area is 85.2 Å². The van der Waals surface area contributed by atoms with Crippen molar-refractivity contribution in [3.8, 4) is 0 Å². The number of anilines is 1. The molecule has 14 heavy (non-hydrogen) atoms. The molecule has 0 bridgehead atoms. The number of nitrogens with zero attached hydrogens (tertiary/aromatic N) is 1. The third kappa shape index (κ3) is 3.01. The molecule has 78 valence electrons. The number of nitrogen functional groups attached to an aromatic ring is 1. The summed E-state index contributed by atoms with van der Waals surface area (Å²) in [4.78, 5) is 2.06. The van der Waals surface area contributed by atoms with Gasteiger partial charge in [0.05, 0.1) is 6.61 Å². The van der Waals surface area contributed by atoms with Gasteiger partial charge in [0.15, 0.2) is 0 Å². The molecular formula is C11H18N2O. The van der Waals surface area contributed by atoms with E-state index in [9.17, 15) is 0 Å². The molecule has 0 unspecified atom stereocenters. The van der Waals surface area contributed by atoms with Gasteiger partial charge < -0.3 is 10.8 Å². The molecule has 0 aromatic heterocycles. The maximum absolute atomic E-state index is 8.75. The Hall–Kier alpha value is -1.06.